The minimum atomic E-state index is -0.247. The average molecular weight is 245 g/mol. The van der Waals surface area contributed by atoms with E-state index < -0.39 is 0 Å². The highest BCUT2D eigenvalue weighted by Gasteiger charge is 2.21. The van der Waals surface area contributed by atoms with Gasteiger partial charge in [-0.3, -0.25) is 9.68 Å². The number of likely N-dealkylation sites (N-methyl/N-ethyl adjacent to an activating group) is 1. The highest BCUT2D eigenvalue weighted by atomic mass is 127. The molecular formula is C3H6IN2O3-. The van der Waals surface area contributed by atoms with Crippen LogP contribution >= 0.6 is 22.9 Å². The van der Waals surface area contributed by atoms with E-state index in [4.69, 9.17) is 0 Å². The molecule has 1 aliphatic heterocycles. The summed E-state index contributed by atoms with van der Waals surface area (Å²) in [6.45, 7) is 0.295. The highest BCUT2D eigenvalue weighted by molar-refractivity contribution is 14.1. The second-order valence-corrected chi connectivity index (χ2v) is 3.13. The lowest BCUT2D eigenvalue weighted by Crippen LogP contribution is -2.25. The SMILES string of the molecule is CN(I)C1CON([O-])O1. The Bertz CT molecular complexity index is 101. The minimum Gasteiger partial charge on any atom is -0.738 e. The number of hydrogen-bond acceptors (Lipinski definition) is 5. The van der Waals surface area contributed by atoms with Crippen molar-refractivity contribution in [2.45, 2.75) is 6.23 Å². The second kappa shape index (κ2) is 3.08. The molecule has 0 aromatic heterocycles. The molecule has 0 amide bonds. The molecule has 0 aromatic carbocycles. The van der Waals surface area contributed by atoms with E-state index in [0.717, 1.165) is 0 Å². The zero-order valence-corrected chi connectivity index (χ0v) is 6.94. The fraction of sp³-hybridized carbons (Fsp3) is 1.00. The predicted molar refractivity (Wildman–Crippen MR) is 37.8 cm³/mol. The molecule has 1 heterocycles. The van der Waals surface area contributed by atoms with Crippen LogP contribution in [0.3, 0.4) is 0 Å². The summed E-state index contributed by atoms with van der Waals surface area (Å²) in [6, 6.07) is 0. The molecule has 9 heavy (non-hydrogen) atoms. The van der Waals surface area contributed by atoms with Crippen LogP contribution in [-0.4, -0.2) is 28.4 Å². The Morgan fingerprint density at radius 2 is 2.56 bits per heavy atom. The number of halogens is 1. The summed E-state index contributed by atoms with van der Waals surface area (Å²) in [5.74, 6) is 0. The molecule has 1 unspecified atom stereocenters. The van der Waals surface area contributed by atoms with Crippen molar-refractivity contribution in [1.82, 2.24) is 8.50 Å². The standard InChI is InChI=1S/C3H6IN2O3/c1-5(4)3-2-8-6(7)9-3/h3H,2H2,1H3/q-1. The molecule has 1 rings (SSSR count). The van der Waals surface area contributed by atoms with E-state index in [9.17, 15) is 5.21 Å². The third kappa shape index (κ3) is 1.99. The summed E-state index contributed by atoms with van der Waals surface area (Å²) < 4.78 is 1.73. The maximum absolute atomic E-state index is 10.2. The van der Waals surface area contributed by atoms with Crippen molar-refractivity contribution in [3.05, 3.63) is 5.21 Å². The maximum atomic E-state index is 10.2. The Morgan fingerprint density at radius 1 is 1.89 bits per heavy atom. The molecule has 0 aliphatic carbocycles. The maximum Gasteiger partial charge on any atom is 0.167 e. The van der Waals surface area contributed by atoms with E-state index in [1.54, 1.807) is 10.2 Å². The summed E-state index contributed by atoms with van der Waals surface area (Å²) in [6.07, 6.45) is -0.247. The molecule has 0 aromatic rings. The molecule has 54 valence electrons. The molecule has 1 fully saturated rings. The number of nitrogens with zero attached hydrogens (tertiary/aromatic N) is 2. The molecule has 0 saturated carbocycles. The van der Waals surface area contributed by atoms with Gasteiger partial charge in [-0.1, -0.05) is 0 Å². The first-order chi connectivity index (χ1) is 4.20. The quantitative estimate of drug-likeness (QED) is 0.490. The summed E-state index contributed by atoms with van der Waals surface area (Å²) in [4.78, 5) is 9.03. The summed E-state index contributed by atoms with van der Waals surface area (Å²) in [5, 5.41) is 10.3. The van der Waals surface area contributed by atoms with Gasteiger partial charge in [0.2, 0.25) is 0 Å². The van der Waals surface area contributed by atoms with Gasteiger partial charge in [0.05, 0.1) is 0 Å². The van der Waals surface area contributed by atoms with Crippen LogP contribution in [0.5, 0.6) is 0 Å². The Labute approximate surface area is 66.5 Å². The second-order valence-electron chi connectivity index (χ2n) is 1.60. The van der Waals surface area contributed by atoms with Crippen LogP contribution in [-0.2, 0) is 9.68 Å². The Balaban J connectivity index is 2.30. The van der Waals surface area contributed by atoms with Crippen molar-refractivity contribution < 1.29 is 9.68 Å². The lowest BCUT2D eigenvalue weighted by atomic mass is 10.6. The smallest absolute Gasteiger partial charge is 0.167 e. The lowest BCUT2D eigenvalue weighted by molar-refractivity contribution is -0.276. The Kier molecular flexibility index (Phi) is 2.61. The van der Waals surface area contributed by atoms with Crippen molar-refractivity contribution in [1.29, 1.82) is 0 Å². The normalized spacial score (nSPS) is 30.0. The Hall–Kier alpha value is 0.530. The van der Waals surface area contributed by atoms with Crippen LogP contribution in [0.1, 0.15) is 0 Å². The number of hydrogen-bond donors (Lipinski definition) is 0. The van der Waals surface area contributed by atoms with E-state index in [0.29, 0.717) is 6.61 Å². The predicted octanol–water partition coefficient (Wildman–Crippen LogP) is 0.271. The molecule has 6 heteroatoms. The van der Waals surface area contributed by atoms with Gasteiger partial charge in [-0.2, -0.15) is 0 Å². The molecule has 1 aliphatic rings. The van der Waals surface area contributed by atoms with Crippen LogP contribution in [0, 0.1) is 5.21 Å². The van der Waals surface area contributed by atoms with Gasteiger partial charge in [0.1, 0.15) is 6.61 Å². The summed E-state index contributed by atoms with van der Waals surface area (Å²) >= 11 is 2.02. The third-order valence-electron chi connectivity index (χ3n) is 0.927. The Morgan fingerprint density at radius 3 is 2.78 bits per heavy atom. The summed E-state index contributed by atoms with van der Waals surface area (Å²) in [7, 11) is 1.80. The molecule has 0 spiro atoms. The van der Waals surface area contributed by atoms with Gasteiger partial charge in [0.25, 0.3) is 0 Å². The van der Waals surface area contributed by atoms with E-state index in [1.807, 2.05) is 22.9 Å². The van der Waals surface area contributed by atoms with Crippen molar-refractivity contribution in [3.63, 3.8) is 0 Å². The molecule has 1 atom stereocenters. The van der Waals surface area contributed by atoms with Crippen molar-refractivity contribution in [3.8, 4) is 0 Å². The van der Waals surface area contributed by atoms with E-state index >= 15 is 0 Å². The van der Waals surface area contributed by atoms with E-state index in [2.05, 4.69) is 9.68 Å². The van der Waals surface area contributed by atoms with Gasteiger partial charge in [-0.25, -0.2) is 3.11 Å². The van der Waals surface area contributed by atoms with Gasteiger partial charge >= 0.3 is 0 Å². The highest BCUT2D eigenvalue weighted by Crippen LogP contribution is 2.13. The number of rotatable bonds is 1. The van der Waals surface area contributed by atoms with Gasteiger partial charge in [0, 0.05) is 22.9 Å². The van der Waals surface area contributed by atoms with Crippen molar-refractivity contribution in [2.24, 2.45) is 0 Å². The first-order valence-electron chi connectivity index (χ1n) is 2.35. The largest absolute Gasteiger partial charge is 0.738 e. The first kappa shape index (κ1) is 7.63. The van der Waals surface area contributed by atoms with E-state index in [-0.39, 0.29) is 11.6 Å². The van der Waals surface area contributed by atoms with Crippen LogP contribution in [0.4, 0.5) is 0 Å². The van der Waals surface area contributed by atoms with Gasteiger partial charge in [-0.15, -0.1) is 5.39 Å². The van der Waals surface area contributed by atoms with Crippen LogP contribution in [0.25, 0.3) is 0 Å². The van der Waals surface area contributed by atoms with Crippen LogP contribution in [0.2, 0.25) is 0 Å². The zero-order chi connectivity index (χ0) is 6.85. The molecule has 0 bridgehead atoms. The van der Waals surface area contributed by atoms with Crippen molar-refractivity contribution in [2.75, 3.05) is 13.7 Å². The van der Waals surface area contributed by atoms with Crippen LogP contribution < -0.4 is 0 Å². The zero-order valence-electron chi connectivity index (χ0n) is 4.78. The first-order valence-corrected chi connectivity index (χ1v) is 3.32. The van der Waals surface area contributed by atoms with Crippen molar-refractivity contribution >= 4 is 22.9 Å². The molecule has 0 N–H and O–H groups in total. The minimum absolute atomic E-state index is 0.125. The van der Waals surface area contributed by atoms with Gasteiger partial charge < -0.3 is 5.21 Å². The van der Waals surface area contributed by atoms with Gasteiger partial charge in [-0.05, 0) is 7.05 Å². The molecule has 1 saturated heterocycles. The molecule has 5 nitrogen and oxygen atoms in total. The van der Waals surface area contributed by atoms with Crippen LogP contribution in [0.15, 0.2) is 0 Å². The topological polar surface area (TPSA) is 48.0 Å². The fourth-order valence-electron chi connectivity index (χ4n) is 0.452. The molecule has 0 radical (unpaired) electrons. The monoisotopic (exact) mass is 245 g/mol. The average Bonchev–Trinajstić information content (AvgIpc) is 2.14. The lowest BCUT2D eigenvalue weighted by Gasteiger charge is -2.18. The summed E-state index contributed by atoms with van der Waals surface area (Å²) in [5.41, 5.74) is 0. The van der Waals surface area contributed by atoms with Gasteiger partial charge in [0.15, 0.2) is 6.23 Å². The van der Waals surface area contributed by atoms with E-state index in [1.165, 1.54) is 0 Å². The fourth-order valence-corrected chi connectivity index (χ4v) is 0.715. The third-order valence-corrected chi connectivity index (χ3v) is 1.55. The molecular weight excluding hydrogens is 239 g/mol.